The molecule has 1 spiro atoms. The Labute approximate surface area is 195 Å². The van der Waals surface area contributed by atoms with E-state index in [0.717, 1.165) is 27.4 Å². The van der Waals surface area contributed by atoms with E-state index >= 15 is 0 Å². The van der Waals surface area contributed by atoms with E-state index in [1.807, 2.05) is 91.2 Å². The van der Waals surface area contributed by atoms with Crippen molar-refractivity contribution in [3.8, 4) is 0 Å². The SMILES string of the molecule is Cc1ccc(N2N=C(c3ccccc3)C(c3cccs3)C23C(=O)c2ccccc2C3=O)cc1. The topological polar surface area (TPSA) is 49.7 Å². The lowest BCUT2D eigenvalue weighted by molar-refractivity contribution is 0.0792. The van der Waals surface area contributed by atoms with E-state index < -0.39 is 11.5 Å². The van der Waals surface area contributed by atoms with Crippen LogP contribution >= 0.6 is 11.3 Å². The molecule has 5 heteroatoms. The predicted octanol–water partition coefficient (Wildman–Crippen LogP) is 5.88. The molecule has 0 saturated carbocycles. The van der Waals surface area contributed by atoms with Crippen LogP contribution in [0.15, 0.2) is 101 Å². The molecule has 2 aliphatic rings. The number of hydrogen-bond donors (Lipinski definition) is 0. The van der Waals surface area contributed by atoms with Gasteiger partial charge in [-0.05, 0) is 36.1 Å². The number of ketones is 2. The third kappa shape index (κ3) is 2.72. The molecule has 0 saturated heterocycles. The molecule has 33 heavy (non-hydrogen) atoms. The highest BCUT2D eigenvalue weighted by molar-refractivity contribution is 7.10. The molecule has 6 rings (SSSR count). The van der Waals surface area contributed by atoms with Gasteiger partial charge in [-0.15, -0.1) is 11.3 Å². The standard InChI is InChI=1S/C28H20N2O2S/c1-18-13-15-20(16-14-18)30-28(26(31)21-10-5-6-11-22(21)27(28)32)24(23-12-7-17-33-23)25(29-30)19-8-3-2-4-9-19/h2-17,24H,1H3. The number of anilines is 1. The maximum atomic E-state index is 14.2. The zero-order valence-electron chi connectivity index (χ0n) is 17.9. The Morgan fingerprint density at radius 2 is 1.42 bits per heavy atom. The van der Waals surface area contributed by atoms with Crippen LogP contribution in [0.5, 0.6) is 0 Å². The largest absolute Gasteiger partial charge is 0.291 e. The summed E-state index contributed by atoms with van der Waals surface area (Å²) in [5, 5.41) is 8.70. The first kappa shape index (κ1) is 19.8. The monoisotopic (exact) mass is 448 g/mol. The van der Waals surface area contributed by atoms with Crippen molar-refractivity contribution in [3.05, 3.63) is 124 Å². The number of thiophene rings is 1. The number of carbonyl (C=O) groups excluding carboxylic acids is 2. The van der Waals surface area contributed by atoms with Crippen LogP contribution in [0, 0.1) is 6.92 Å². The van der Waals surface area contributed by atoms with Gasteiger partial charge < -0.3 is 0 Å². The van der Waals surface area contributed by atoms with Crippen LogP contribution in [0.2, 0.25) is 0 Å². The van der Waals surface area contributed by atoms with E-state index in [2.05, 4.69) is 0 Å². The average Bonchev–Trinajstić information content (AvgIpc) is 3.55. The molecular weight excluding hydrogens is 428 g/mol. The van der Waals surface area contributed by atoms with Crippen molar-refractivity contribution in [1.82, 2.24) is 0 Å². The van der Waals surface area contributed by atoms with Gasteiger partial charge in [-0.25, -0.2) is 5.01 Å². The van der Waals surface area contributed by atoms with Crippen LogP contribution in [0.4, 0.5) is 5.69 Å². The molecule has 4 aromatic rings. The summed E-state index contributed by atoms with van der Waals surface area (Å²) in [6, 6.07) is 28.8. The molecule has 1 aliphatic heterocycles. The summed E-state index contributed by atoms with van der Waals surface area (Å²) in [6.07, 6.45) is 0. The van der Waals surface area contributed by atoms with E-state index in [1.165, 1.54) is 0 Å². The van der Waals surface area contributed by atoms with E-state index in [1.54, 1.807) is 28.5 Å². The predicted molar refractivity (Wildman–Crippen MR) is 132 cm³/mol. The van der Waals surface area contributed by atoms with Crippen molar-refractivity contribution in [2.24, 2.45) is 5.10 Å². The van der Waals surface area contributed by atoms with Crippen LogP contribution in [0.1, 0.15) is 42.6 Å². The lowest BCUT2D eigenvalue weighted by Gasteiger charge is -2.35. The first-order valence-corrected chi connectivity index (χ1v) is 11.7. The molecule has 4 nitrogen and oxygen atoms in total. The fourth-order valence-electron chi connectivity index (χ4n) is 4.99. The zero-order chi connectivity index (χ0) is 22.6. The number of carbonyl (C=O) groups is 2. The second-order valence-electron chi connectivity index (χ2n) is 8.42. The van der Waals surface area contributed by atoms with Crippen molar-refractivity contribution in [1.29, 1.82) is 0 Å². The average molecular weight is 449 g/mol. The highest BCUT2D eigenvalue weighted by Gasteiger charge is 2.66. The maximum Gasteiger partial charge on any atom is 0.201 e. The van der Waals surface area contributed by atoms with Crippen LogP contribution in [0.25, 0.3) is 0 Å². The lowest BCUT2D eigenvalue weighted by atomic mass is 9.75. The number of hydrogen-bond acceptors (Lipinski definition) is 5. The summed E-state index contributed by atoms with van der Waals surface area (Å²) in [5.74, 6) is -0.915. The number of Topliss-reactive ketones (excluding diaryl/α,β-unsaturated/α-hetero) is 2. The molecular formula is C28H20N2O2S. The Morgan fingerprint density at radius 1 is 0.788 bits per heavy atom. The normalized spacial score (nSPS) is 18.6. The third-order valence-corrected chi connectivity index (χ3v) is 7.45. The molecule has 0 N–H and O–H groups in total. The van der Waals surface area contributed by atoms with Gasteiger partial charge >= 0.3 is 0 Å². The minimum Gasteiger partial charge on any atom is -0.291 e. The van der Waals surface area contributed by atoms with Crippen molar-refractivity contribution in [2.75, 3.05) is 5.01 Å². The van der Waals surface area contributed by atoms with Gasteiger partial charge in [-0.2, -0.15) is 5.10 Å². The summed E-state index contributed by atoms with van der Waals surface area (Å²) in [5.41, 5.74) is 2.89. The molecule has 1 unspecified atom stereocenters. The van der Waals surface area contributed by atoms with Crippen LogP contribution in [-0.4, -0.2) is 22.8 Å². The van der Waals surface area contributed by atoms with Gasteiger partial charge in [0.1, 0.15) is 0 Å². The van der Waals surface area contributed by atoms with Gasteiger partial charge in [0.2, 0.25) is 5.54 Å². The van der Waals surface area contributed by atoms with Gasteiger partial charge in [0.15, 0.2) is 11.6 Å². The summed E-state index contributed by atoms with van der Waals surface area (Å²) in [7, 11) is 0. The maximum absolute atomic E-state index is 14.2. The molecule has 1 atom stereocenters. The molecule has 2 heterocycles. The summed E-state index contributed by atoms with van der Waals surface area (Å²) < 4.78 is 0. The van der Waals surface area contributed by atoms with Crippen molar-refractivity contribution in [2.45, 2.75) is 18.4 Å². The molecule has 1 aromatic heterocycles. The summed E-state index contributed by atoms with van der Waals surface area (Å²) in [6.45, 7) is 2.01. The Hall–Kier alpha value is -3.83. The minimum atomic E-state index is -1.49. The smallest absolute Gasteiger partial charge is 0.201 e. The number of fused-ring (bicyclic) bond motifs is 1. The minimum absolute atomic E-state index is 0.197. The number of hydrazone groups is 1. The van der Waals surface area contributed by atoms with E-state index in [0.29, 0.717) is 11.1 Å². The van der Waals surface area contributed by atoms with Crippen molar-refractivity contribution in [3.63, 3.8) is 0 Å². The number of benzene rings is 3. The van der Waals surface area contributed by atoms with Gasteiger partial charge in [-0.1, -0.05) is 78.4 Å². The van der Waals surface area contributed by atoms with Crippen LogP contribution in [0.3, 0.4) is 0 Å². The highest BCUT2D eigenvalue weighted by atomic mass is 32.1. The fraction of sp³-hybridized carbons (Fsp3) is 0.107. The number of aryl methyl sites for hydroxylation is 1. The lowest BCUT2D eigenvalue weighted by Crippen LogP contribution is -2.56. The zero-order valence-corrected chi connectivity index (χ0v) is 18.8. The van der Waals surface area contributed by atoms with E-state index in [-0.39, 0.29) is 11.6 Å². The Balaban J connectivity index is 1.67. The Bertz CT molecular complexity index is 1370. The molecule has 0 radical (unpaired) electrons. The molecule has 3 aromatic carbocycles. The first-order valence-electron chi connectivity index (χ1n) is 10.8. The van der Waals surface area contributed by atoms with Crippen LogP contribution in [-0.2, 0) is 0 Å². The van der Waals surface area contributed by atoms with E-state index in [9.17, 15) is 9.59 Å². The van der Waals surface area contributed by atoms with Crippen molar-refractivity contribution >= 4 is 34.3 Å². The summed E-state index contributed by atoms with van der Waals surface area (Å²) >= 11 is 1.55. The third-order valence-electron chi connectivity index (χ3n) is 6.52. The van der Waals surface area contributed by atoms with E-state index in [4.69, 9.17) is 5.10 Å². The molecule has 0 bridgehead atoms. The van der Waals surface area contributed by atoms with Gasteiger partial charge in [0.05, 0.1) is 17.3 Å². The van der Waals surface area contributed by atoms with Crippen LogP contribution < -0.4 is 5.01 Å². The fourth-order valence-corrected chi connectivity index (χ4v) is 5.88. The first-order chi connectivity index (χ1) is 16.1. The van der Waals surface area contributed by atoms with Crippen molar-refractivity contribution < 1.29 is 9.59 Å². The van der Waals surface area contributed by atoms with Gasteiger partial charge in [-0.3, -0.25) is 9.59 Å². The van der Waals surface area contributed by atoms with Gasteiger partial charge in [0.25, 0.3) is 0 Å². The second kappa shape index (κ2) is 7.36. The quantitative estimate of drug-likeness (QED) is 0.368. The second-order valence-corrected chi connectivity index (χ2v) is 9.40. The molecule has 1 aliphatic carbocycles. The number of nitrogens with zero attached hydrogens (tertiary/aromatic N) is 2. The Morgan fingerprint density at radius 3 is 2.03 bits per heavy atom. The number of rotatable bonds is 3. The highest BCUT2D eigenvalue weighted by Crippen LogP contribution is 2.52. The Kier molecular flexibility index (Phi) is 4.42. The summed E-state index contributed by atoms with van der Waals surface area (Å²) in [4.78, 5) is 29.4. The van der Waals surface area contributed by atoms with Gasteiger partial charge in [0, 0.05) is 16.0 Å². The molecule has 0 fully saturated rings. The molecule has 160 valence electrons. The molecule has 0 amide bonds.